The van der Waals surface area contributed by atoms with Crippen LogP contribution in [0.25, 0.3) is 0 Å². The zero-order valence-electron chi connectivity index (χ0n) is 12.0. The van der Waals surface area contributed by atoms with E-state index in [-0.39, 0.29) is 5.97 Å². The van der Waals surface area contributed by atoms with Gasteiger partial charge in [-0.15, -0.1) is 0 Å². The molecule has 0 spiro atoms. The normalized spacial score (nSPS) is 9.18. The summed E-state index contributed by atoms with van der Waals surface area (Å²) in [6, 6.07) is 0. The van der Waals surface area contributed by atoms with E-state index in [0.29, 0.717) is 12.2 Å². The van der Waals surface area contributed by atoms with E-state index in [9.17, 15) is 4.79 Å². The van der Waals surface area contributed by atoms with E-state index < -0.39 is 0 Å². The summed E-state index contributed by atoms with van der Waals surface area (Å²) < 4.78 is 4.56. The number of ether oxygens (including phenoxy) is 1. The third-order valence-electron chi connectivity index (χ3n) is 2.04. The van der Waals surface area contributed by atoms with E-state index in [2.05, 4.69) is 30.5 Å². The Morgan fingerprint density at radius 2 is 1.59 bits per heavy atom. The molecule has 0 aromatic heterocycles. The first-order valence-electron chi connectivity index (χ1n) is 6.63. The summed E-state index contributed by atoms with van der Waals surface area (Å²) in [6.07, 6.45) is 5.26. The van der Waals surface area contributed by atoms with Crippen LogP contribution in [0.1, 0.15) is 53.4 Å². The lowest BCUT2D eigenvalue weighted by atomic mass is 10.3. The maximum Gasteiger partial charge on any atom is 0.333 e. The lowest BCUT2D eigenvalue weighted by molar-refractivity contribution is -0.138. The summed E-state index contributed by atoms with van der Waals surface area (Å²) in [7, 11) is 0. The van der Waals surface area contributed by atoms with E-state index >= 15 is 0 Å². The number of rotatable bonds is 8. The highest BCUT2D eigenvalue weighted by Crippen LogP contribution is 1.89. The Morgan fingerprint density at radius 1 is 1.12 bits per heavy atom. The summed E-state index contributed by atoms with van der Waals surface area (Å²) in [5.74, 6) is -0.312. The van der Waals surface area contributed by atoms with Crippen molar-refractivity contribution in [1.29, 1.82) is 0 Å². The van der Waals surface area contributed by atoms with E-state index in [4.69, 9.17) is 0 Å². The minimum atomic E-state index is -0.312. The largest absolute Gasteiger partial charge is 0.463 e. The van der Waals surface area contributed by atoms with Crippen LogP contribution in [-0.2, 0) is 9.53 Å². The van der Waals surface area contributed by atoms with Gasteiger partial charge in [0.15, 0.2) is 0 Å². The predicted molar refractivity (Wildman–Crippen MR) is 74.1 cm³/mol. The summed E-state index contributed by atoms with van der Waals surface area (Å²) >= 11 is 0. The van der Waals surface area contributed by atoms with Gasteiger partial charge in [0.25, 0.3) is 0 Å². The Labute approximate surface area is 107 Å². The van der Waals surface area contributed by atoms with Crippen LogP contribution in [-0.4, -0.2) is 25.7 Å². The fraction of sp³-hybridized carbons (Fsp3) is 0.786. The van der Waals surface area contributed by atoms with Gasteiger partial charge in [-0.05, 0) is 39.8 Å². The van der Waals surface area contributed by atoms with Gasteiger partial charge in [-0.2, -0.15) is 0 Å². The number of carbonyl (C=O) groups excluding carboxylic acids is 1. The van der Waals surface area contributed by atoms with Crippen molar-refractivity contribution < 1.29 is 9.53 Å². The summed E-state index contributed by atoms with van der Waals surface area (Å²) in [4.78, 5) is 10.4. The first-order valence-corrected chi connectivity index (χ1v) is 6.63. The lowest BCUT2D eigenvalue weighted by Crippen LogP contribution is -2.15. The van der Waals surface area contributed by atoms with Gasteiger partial charge in [0.2, 0.25) is 0 Å². The molecule has 0 aliphatic rings. The molecule has 17 heavy (non-hydrogen) atoms. The van der Waals surface area contributed by atoms with Crippen molar-refractivity contribution in [2.45, 2.75) is 53.4 Å². The lowest BCUT2D eigenvalue weighted by Gasteiger charge is -1.99. The fourth-order valence-corrected chi connectivity index (χ4v) is 0.983. The van der Waals surface area contributed by atoms with Crippen molar-refractivity contribution in [3.63, 3.8) is 0 Å². The molecule has 0 atom stereocenters. The molecule has 3 nitrogen and oxygen atoms in total. The van der Waals surface area contributed by atoms with Gasteiger partial charge in [0.1, 0.15) is 0 Å². The Kier molecular flexibility index (Phi) is 16.5. The standard InChI is InChI=1S/C8H19N.C6H10O2/c1-3-5-7-9-8-6-4-2;1-4-8-6(7)5(2)3/h9H,3-8H2,1-2H3;2,4H2,1,3H3. The minimum absolute atomic E-state index is 0.312. The van der Waals surface area contributed by atoms with Gasteiger partial charge in [-0.25, -0.2) is 4.79 Å². The highest BCUT2D eigenvalue weighted by molar-refractivity contribution is 5.86. The zero-order chi connectivity index (χ0) is 13.5. The van der Waals surface area contributed by atoms with Crippen molar-refractivity contribution >= 4 is 5.97 Å². The third kappa shape index (κ3) is 17.8. The van der Waals surface area contributed by atoms with Crippen LogP contribution >= 0.6 is 0 Å². The minimum Gasteiger partial charge on any atom is -0.463 e. The van der Waals surface area contributed by atoms with Crippen molar-refractivity contribution in [2.24, 2.45) is 0 Å². The van der Waals surface area contributed by atoms with Crippen LogP contribution in [0.15, 0.2) is 12.2 Å². The molecule has 0 heterocycles. The van der Waals surface area contributed by atoms with E-state index in [0.717, 1.165) is 0 Å². The van der Waals surface area contributed by atoms with Gasteiger partial charge < -0.3 is 10.1 Å². The van der Waals surface area contributed by atoms with Crippen LogP contribution in [0, 0.1) is 0 Å². The highest BCUT2D eigenvalue weighted by Gasteiger charge is 1.98. The molecule has 3 heteroatoms. The van der Waals surface area contributed by atoms with Crippen molar-refractivity contribution in [1.82, 2.24) is 5.32 Å². The molecule has 102 valence electrons. The summed E-state index contributed by atoms with van der Waals surface area (Å²) in [5, 5.41) is 3.39. The second-order valence-corrected chi connectivity index (χ2v) is 3.96. The average Bonchev–Trinajstić information content (AvgIpc) is 2.30. The van der Waals surface area contributed by atoms with Gasteiger partial charge in [-0.3, -0.25) is 0 Å². The summed E-state index contributed by atoms with van der Waals surface area (Å²) in [6.45, 7) is 14.1. The molecule has 0 saturated carbocycles. The molecule has 1 N–H and O–H groups in total. The molecular weight excluding hydrogens is 214 g/mol. The monoisotopic (exact) mass is 243 g/mol. The maximum absolute atomic E-state index is 10.4. The molecular formula is C14H29NO2. The average molecular weight is 243 g/mol. The number of unbranched alkanes of at least 4 members (excludes halogenated alkanes) is 2. The molecule has 0 unspecified atom stereocenters. The number of carbonyl (C=O) groups is 1. The Balaban J connectivity index is 0. The highest BCUT2D eigenvalue weighted by atomic mass is 16.5. The Morgan fingerprint density at radius 3 is 1.82 bits per heavy atom. The molecule has 0 rings (SSSR count). The predicted octanol–water partition coefficient (Wildman–Crippen LogP) is 3.30. The zero-order valence-corrected chi connectivity index (χ0v) is 12.0. The van der Waals surface area contributed by atoms with Gasteiger partial charge in [-0.1, -0.05) is 33.3 Å². The van der Waals surface area contributed by atoms with Crippen LogP contribution in [0.3, 0.4) is 0 Å². The quantitative estimate of drug-likeness (QED) is 0.404. The number of hydrogen-bond donors (Lipinski definition) is 1. The number of hydrogen-bond acceptors (Lipinski definition) is 3. The molecule has 0 aliphatic carbocycles. The number of esters is 1. The number of nitrogens with one attached hydrogen (secondary N) is 1. The SMILES string of the molecule is C=C(C)C(=O)OCC.CCCCNCCCC. The first-order chi connectivity index (χ1) is 8.09. The topological polar surface area (TPSA) is 38.3 Å². The molecule has 0 aromatic carbocycles. The molecule has 0 aromatic rings. The smallest absolute Gasteiger partial charge is 0.333 e. The maximum atomic E-state index is 10.4. The van der Waals surface area contributed by atoms with Crippen LogP contribution in [0.2, 0.25) is 0 Å². The van der Waals surface area contributed by atoms with Crippen LogP contribution in [0.5, 0.6) is 0 Å². The molecule has 0 aliphatic heterocycles. The van der Waals surface area contributed by atoms with Crippen LogP contribution < -0.4 is 5.32 Å². The van der Waals surface area contributed by atoms with Crippen molar-refractivity contribution in [2.75, 3.05) is 19.7 Å². The third-order valence-corrected chi connectivity index (χ3v) is 2.04. The van der Waals surface area contributed by atoms with E-state index in [1.54, 1.807) is 13.8 Å². The van der Waals surface area contributed by atoms with Crippen molar-refractivity contribution in [3.05, 3.63) is 12.2 Å². The van der Waals surface area contributed by atoms with Crippen LogP contribution in [0.4, 0.5) is 0 Å². The van der Waals surface area contributed by atoms with Crippen molar-refractivity contribution in [3.8, 4) is 0 Å². The van der Waals surface area contributed by atoms with Gasteiger partial charge >= 0.3 is 5.97 Å². The van der Waals surface area contributed by atoms with Gasteiger partial charge in [0, 0.05) is 5.57 Å². The molecule has 0 fully saturated rings. The first kappa shape index (κ1) is 18.5. The molecule has 0 bridgehead atoms. The summed E-state index contributed by atoms with van der Waals surface area (Å²) in [5.41, 5.74) is 0.451. The van der Waals surface area contributed by atoms with Gasteiger partial charge in [0.05, 0.1) is 6.61 Å². The fourth-order valence-electron chi connectivity index (χ4n) is 0.983. The molecule has 0 saturated heterocycles. The van der Waals surface area contributed by atoms with E-state index in [1.807, 2.05) is 0 Å². The van der Waals surface area contributed by atoms with E-state index in [1.165, 1.54) is 38.8 Å². The second-order valence-electron chi connectivity index (χ2n) is 3.96. The Hall–Kier alpha value is -0.830. The second kappa shape index (κ2) is 15.2. The molecule has 0 radical (unpaired) electrons. The Bertz CT molecular complexity index is 185. The molecule has 0 amide bonds.